The zero-order chi connectivity index (χ0) is 4.99. The maximum atomic E-state index is 4.82. The van der Waals surface area contributed by atoms with Crippen molar-refractivity contribution in [2.45, 2.75) is 13.1 Å². The minimum Gasteiger partial charge on any atom is -0.545 e. The van der Waals surface area contributed by atoms with Gasteiger partial charge in [0.15, 0.2) is 0 Å². The van der Waals surface area contributed by atoms with Crippen molar-refractivity contribution in [3.8, 4) is 0 Å². The molecule has 35 valence electrons. The third-order valence-corrected chi connectivity index (χ3v) is 0.957. The molecule has 0 atom stereocenters. The van der Waals surface area contributed by atoms with Crippen LogP contribution in [0.25, 0.3) is 0 Å². The molecule has 0 bridgehead atoms. The molecular formula is C4H9OSi. The van der Waals surface area contributed by atoms with Gasteiger partial charge in [-0.25, -0.2) is 0 Å². The predicted octanol–water partition coefficient (Wildman–Crippen LogP) is 0.933. The summed E-state index contributed by atoms with van der Waals surface area (Å²) in [6.45, 7) is 7.42. The van der Waals surface area contributed by atoms with Crippen LogP contribution < -0.4 is 0 Å². The lowest BCUT2D eigenvalue weighted by molar-refractivity contribution is 0.473. The van der Waals surface area contributed by atoms with Crippen molar-refractivity contribution in [1.82, 2.24) is 0 Å². The summed E-state index contributed by atoms with van der Waals surface area (Å²) < 4.78 is 4.82. The van der Waals surface area contributed by atoms with Crippen LogP contribution in [-0.4, -0.2) is 9.04 Å². The van der Waals surface area contributed by atoms with Gasteiger partial charge in [0.1, 0.15) is 6.26 Å². The lowest BCUT2D eigenvalue weighted by atomic mass is 11.2. The van der Waals surface area contributed by atoms with Crippen LogP contribution in [0.4, 0.5) is 0 Å². The first-order valence-electron chi connectivity index (χ1n) is 1.95. The molecular weight excluding hydrogens is 92.1 g/mol. The predicted molar refractivity (Wildman–Crippen MR) is 28.8 cm³/mol. The summed E-state index contributed by atoms with van der Waals surface area (Å²) in [5.41, 5.74) is 0. The van der Waals surface area contributed by atoms with Gasteiger partial charge in [-0.15, -0.1) is 0 Å². The fourth-order valence-electron chi connectivity index (χ4n) is 0.167. The molecule has 0 unspecified atom stereocenters. The zero-order valence-corrected chi connectivity index (χ0v) is 5.35. The Balaban J connectivity index is 2.81. The van der Waals surface area contributed by atoms with E-state index in [1.165, 1.54) is 0 Å². The largest absolute Gasteiger partial charge is 0.545 e. The molecule has 0 aliphatic heterocycles. The van der Waals surface area contributed by atoms with Crippen molar-refractivity contribution in [1.29, 1.82) is 0 Å². The normalized spacial score (nSPS) is 8.50. The fourth-order valence-corrected chi connectivity index (χ4v) is 0.500. The molecule has 2 heteroatoms. The van der Waals surface area contributed by atoms with Crippen LogP contribution in [0.1, 0.15) is 0 Å². The highest BCUT2D eigenvalue weighted by Crippen LogP contribution is 1.78. The quantitative estimate of drug-likeness (QED) is 0.371. The highest BCUT2D eigenvalue weighted by Gasteiger charge is 1.86. The van der Waals surface area contributed by atoms with Gasteiger partial charge in [-0.3, -0.25) is 0 Å². The molecule has 0 heterocycles. The summed E-state index contributed by atoms with van der Waals surface area (Å²) in [7, 11) is -0.844. The monoisotopic (exact) mass is 101 g/mol. The van der Waals surface area contributed by atoms with Crippen LogP contribution in [0, 0.1) is 6.26 Å². The molecule has 0 fully saturated rings. The Bertz CT molecular complexity index is 42.8. The van der Waals surface area contributed by atoms with Gasteiger partial charge in [-0.1, -0.05) is 6.58 Å². The van der Waals surface area contributed by atoms with E-state index in [-0.39, 0.29) is 0 Å². The first kappa shape index (κ1) is 5.76. The Morgan fingerprint density at radius 3 is 2.17 bits per heavy atom. The van der Waals surface area contributed by atoms with Crippen molar-refractivity contribution in [3.05, 3.63) is 12.8 Å². The number of hydrogen-bond donors (Lipinski definition) is 0. The van der Waals surface area contributed by atoms with E-state index in [2.05, 4.69) is 25.9 Å². The Hall–Kier alpha value is -0.243. The van der Waals surface area contributed by atoms with Crippen LogP contribution in [0.2, 0.25) is 13.1 Å². The summed E-state index contributed by atoms with van der Waals surface area (Å²) in [5, 5.41) is 0. The Labute approximate surface area is 40.4 Å². The average Bonchev–Trinajstić information content (AvgIpc) is 1.35. The van der Waals surface area contributed by atoms with Gasteiger partial charge >= 0.3 is 0 Å². The first-order valence-corrected chi connectivity index (χ1v) is 4.73. The molecule has 1 nitrogen and oxygen atoms in total. The third kappa shape index (κ3) is 3.76. The van der Waals surface area contributed by atoms with Crippen molar-refractivity contribution >= 4 is 9.04 Å². The van der Waals surface area contributed by atoms with Crippen LogP contribution in [0.3, 0.4) is 0 Å². The van der Waals surface area contributed by atoms with Crippen LogP contribution >= 0.6 is 0 Å². The Morgan fingerprint density at radius 1 is 1.67 bits per heavy atom. The minimum atomic E-state index is -0.844. The van der Waals surface area contributed by atoms with Crippen molar-refractivity contribution < 1.29 is 4.43 Å². The highest BCUT2D eigenvalue weighted by atomic mass is 28.3. The van der Waals surface area contributed by atoms with Crippen molar-refractivity contribution in [2.24, 2.45) is 0 Å². The Morgan fingerprint density at radius 2 is 2.17 bits per heavy atom. The van der Waals surface area contributed by atoms with E-state index in [1.54, 1.807) is 0 Å². The SMILES string of the molecule is C=[C]O[SiH](C)C. The second-order valence-electron chi connectivity index (χ2n) is 1.31. The molecule has 0 amide bonds. The summed E-state index contributed by atoms with van der Waals surface area (Å²) in [4.78, 5) is 0. The molecule has 0 aromatic carbocycles. The third-order valence-electron chi connectivity index (χ3n) is 0.319. The van der Waals surface area contributed by atoms with Crippen molar-refractivity contribution in [3.63, 3.8) is 0 Å². The van der Waals surface area contributed by atoms with E-state index in [4.69, 9.17) is 4.43 Å². The minimum absolute atomic E-state index is 0.844. The molecule has 0 saturated carbocycles. The summed E-state index contributed by atoms with van der Waals surface area (Å²) in [6, 6.07) is 0. The molecule has 0 saturated heterocycles. The average molecular weight is 101 g/mol. The van der Waals surface area contributed by atoms with Gasteiger partial charge in [0.05, 0.1) is 0 Å². The van der Waals surface area contributed by atoms with Gasteiger partial charge in [0.2, 0.25) is 9.04 Å². The van der Waals surface area contributed by atoms with E-state index in [0.29, 0.717) is 0 Å². The van der Waals surface area contributed by atoms with Crippen LogP contribution in [0.5, 0.6) is 0 Å². The summed E-state index contributed by atoms with van der Waals surface area (Å²) in [6.07, 6.45) is 2.38. The van der Waals surface area contributed by atoms with E-state index in [1.807, 2.05) is 0 Å². The first-order chi connectivity index (χ1) is 2.77. The standard InChI is InChI=1S/C4H9OSi/c1-4-5-6(2)3/h6H,1H2,2-3H3. The van der Waals surface area contributed by atoms with E-state index in [0.717, 1.165) is 0 Å². The maximum Gasteiger partial charge on any atom is 0.229 e. The zero-order valence-electron chi connectivity index (χ0n) is 4.19. The molecule has 0 spiro atoms. The van der Waals surface area contributed by atoms with Gasteiger partial charge in [-0.05, 0) is 13.1 Å². The second-order valence-corrected chi connectivity index (χ2v) is 3.64. The highest BCUT2D eigenvalue weighted by molar-refractivity contribution is 6.48. The molecule has 1 radical (unpaired) electrons. The summed E-state index contributed by atoms with van der Waals surface area (Å²) in [5.74, 6) is 0. The molecule has 0 aromatic heterocycles. The topological polar surface area (TPSA) is 9.23 Å². The van der Waals surface area contributed by atoms with E-state index >= 15 is 0 Å². The Kier molecular flexibility index (Phi) is 2.85. The second kappa shape index (κ2) is 2.97. The van der Waals surface area contributed by atoms with Gasteiger partial charge in [-0.2, -0.15) is 0 Å². The van der Waals surface area contributed by atoms with Crippen molar-refractivity contribution in [2.75, 3.05) is 0 Å². The molecule has 0 rings (SSSR count). The van der Waals surface area contributed by atoms with Gasteiger partial charge in [0, 0.05) is 0 Å². The summed E-state index contributed by atoms with van der Waals surface area (Å²) >= 11 is 0. The molecule has 6 heavy (non-hydrogen) atoms. The van der Waals surface area contributed by atoms with Crippen LogP contribution in [-0.2, 0) is 4.43 Å². The molecule has 0 N–H and O–H groups in total. The smallest absolute Gasteiger partial charge is 0.229 e. The van der Waals surface area contributed by atoms with E-state index in [9.17, 15) is 0 Å². The lowest BCUT2D eigenvalue weighted by Crippen LogP contribution is -2.00. The number of hydrogen-bond acceptors (Lipinski definition) is 1. The van der Waals surface area contributed by atoms with E-state index < -0.39 is 9.04 Å². The molecule has 0 aliphatic carbocycles. The maximum absolute atomic E-state index is 4.82. The molecule has 0 aromatic rings. The lowest BCUT2D eigenvalue weighted by Gasteiger charge is -1.96. The fraction of sp³-hybridized carbons (Fsp3) is 0.500. The number of rotatable bonds is 2. The molecule has 0 aliphatic rings. The van der Waals surface area contributed by atoms with Crippen LogP contribution in [0.15, 0.2) is 6.58 Å². The van der Waals surface area contributed by atoms with Gasteiger partial charge < -0.3 is 4.43 Å². The van der Waals surface area contributed by atoms with Gasteiger partial charge in [0.25, 0.3) is 0 Å².